The molecule has 0 aliphatic rings. The molecule has 0 saturated heterocycles. The maximum Gasteiger partial charge on any atom is 0.314 e. The summed E-state index contributed by atoms with van der Waals surface area (Å²) in [4.78, 5) is 34.5. The Morgan fingerprint density at radius 3 is 2.32 bits per heavy atom. The van der Waals surface area contributed by atoms with Crippen molar-refractivity contribution >= 4 is 28.9 Å². The molecule has 25 heavy (non-hydrogen) atoms. The van der Waals surface area contributed by atoms with Crippen LogP contribution in [0, 0.1) is 10.1 Å². The van der Waals surface area contributed by atoms with Crippen molar-refractivity contribution in [1.29, 1.82) is 0 Å². The van der Waals surface area contributed by atoms with Gasteiger partial charge in [0.1, 0.15) is 5.75 Å². The highest BCUT2D eigenvalue weighted by Crippen LogP contribution is 2.28. The van der Waals surface area contributed by atoms with E-state index in [0.717, 1.165) is 11.6 Å². The van der Waals surface area contributed by atoms with Crippen LogP contribution in [0.4, 0.5) is 17.1 Å². The fraction of sp³-hybridized carbons (Fsp3) is 0.176. The van der Waals surface area contributed by atoms with Crippen LogP contribution < -0.4 is 15.4 Å². The summed E-state index contributed by atoms with van der Waals surface area (Å²) in [5.41, 5.74) is 1.24. The number of rotatable bonds is 5. The molecule has 0 heterocycles. The quantitative estimate of drug-likeness (QED) is 0.493. The van der Waals surface area contributed by atoms with Crippen LogP contribution in [0.15, 0.2) is 42.5 Å². The Kier molecular flexibility index (Phi) is 5.67. The summed E-state index contributed by atoms with van der Waals surface area (Å²) >= 11 is 0. The highest BCUT2D eigenvalue weighted by atomic mass is 16.6. The minimum atomic E-state index is -0.954. The van der Waals surface area contributed by atoms with Gasteiger partial charge in [0.15, 0.2) is 0 Å². The SMILES string of the molecule is CCc1ccccc1NC(=O)C(=O)Nc1cc([N+](=O)[O-])ccc1OC. The van der Waals surface area contributed by atoms with Gasteiger partial charge in [0.2, 0.25) is 0 Å². The molecular formula is C17H17N3O5. The minimum absolute atomic E-state index is 0.0422. The normalized spacial score (nSPS) is 10.0. The fourth-order valence-corrected chi connectivity index (χ4v) is 2.22. The lowest BCUT2D eigenvalue weighted by molar-refractivity contribution is -0.384. The van der Waals surface area contributed by atoms with Crippen molar-refractivity contribution in [3.8, 4) is 5.75 Å². The third kappa shape index (κ3) is 4.31. The maximum atomic E-state index is 12.1. The standard InChI is InChI=1S/C17H17N3O5/c1-3-11-6-4-5-7-13(11)18-16(21)17(22)19-14-10-12(20(23)24)8-9-15(14)25-2/h4-10H,3H2,1-2H3,(H,18,21)(H,19,22). The van der Waals surface area contributed by atoms with Crippen molar-refractivity contribution in [3.63, 3.8) is 0 Å². The zero-order valence-corrected chi connectivity index (χ0v) is 13.7. The van der Waals surface area contributed by atoms with Gasteiger partial charge in [-0.05, 0) is 24.1 Å². The third-order valence-corrected chi connectivity index (χ3v) is 3.49. The zero-order chi connectivity index (χ0) is 18.4. The molecular weight excluding hydrogens is 326 g/mol. The molecule has 2 amide bonds. The van der Waals surface area contributed by atoms with Gasteiger partial charge in [-0.3, -0.25) is 19.7 Å². The van der Waals surface area contributed by atoms with E-state index in [9.17, 15) is 19.7 Å². The van der Waals surface area contributed by atoms with Gasteiger partial charge >= 0.3 is 11.8 Å². The van der Waals surface area contributed by atoms with E-state index in [1.165, 1.54) is 19.2 Å². The van der Waals surface area contributed by atoms with E-state index >= 15 is 0 Å². The number of benzene rings is 2. The van der Waals surface area contributed by atoms with E-state index in [-0.39, 0.29) is 17.1 Å². The molecule has 0 saturated carbocycles. The Morgan fingerprint density at radius 1 is 1.08 bits per heavy atom. The Balaban J connectivity index is 2.17. The second-order valence-electron chi connectivity index (χ2n) is 5.06. The van der Waals surface area contributed by atoms with Crippen molar-refractivity contribution < 1.29 is 19.2 Å². The van der Waals surface area contributed by atoms with E-state index in [1.54, 1.807) is 12.1 Å². The molecule has 0 radical (unpaired) electrons. The van der Waals surface area contributed by atoms with Crippen LogP contribution in [0.3, 0.4) is 0 Å². The molecule has 0 atom stereocenters. The molecule has 2 rings (SSSR count). The number of carbonyl (C=O) groups excluding carboxylic acids is 2. The predicted octanol–water partition coefficient (Wildman–Crippen LogP) is 2.74. The highest BCUT2D eigenvalue weighted by molar-refractivity contribution is 6.43. The number of methoxy groups -OCH3 is 1. The van der Waals surface area contributed by atoms with Crippen molar-refractivity contribution in [2.75, 3.05) is 17.7 Å². The van der Waals surface area contributed by atoms with Crippen LogP contribution in [0.25, 0.3) is 0 Å². The molecule has 2 aromatic rings. The van der Waals surface area contributed by atoms with Crippen molar-refractivity contribution in [2.45, 2.75) is 13.3 Å². The molecule has 8 heteroatoms. The van der Waals surface area contributed by atoms with E-state index in [0.29, 0.717) is 12.1 Å². The number of nitro groups is 1. The number of carbonyl (C=O) groups is 2. The number of aryl methyl sites for hydroxylation is 1. The fourth-order valence-electron chi connectivity index (χ4n) is 2.22. The average Bonchev–Trinajstić information content (AvgIpc) is 2.61. The molecule has 0 aliphatic heterocycles. The van der Waals surface area contributed by atoms with Gasteiger partial charge in [-0.15, -0.1) is 0 Å². The maximum absolute atomic E-state index is 12.1. The largest absolute Gasteiger partial charge is 0.495 e. The molecule has 0 aromatic heterocycles. The van der Waals surface area contributed by atoms with Crippen molar-refractivity contribution in [2.24, 2.45) is 0 Å². The summed E-state index contributed by atoms with van der Waals surface area (Å²) in [5, 5.41) is 15.7. The number of anilines is 2. The lowest BCUT2D eigenvalue weighted by atomic mass is 10.1. The number of non-ortho nitro benzene ring substituents is 1. The Morgan fingerprint density at radius 2 is 1.72 bits per heavy atom. The molecule has 130 valence electrons. The van der Waals surface area contributed by atoms with Crippen LogP contribution in [0.1, 0.15) is 12.5 Å². The van der Waals surface area contributed by atoms with Crippen molar-refractivity contribution in [3.05, 3.63) is 58.1 Å². The van der Waals surface area contributed by atoms with Gasteiger partial charge in [-0.25, -0.2) is 0 Å². The number of hydrogen-bond donors (Lipinski definition) is 2. The molecule has 8 nitrogen and oxygen atoms in total. The number of nitrogens with zero attached hydrogens (tertiary/aromatic N) is 1. The van der Waals surface area contributed by atoms with E-state index < -0.39 is 16.7 Å². The van der Waals surface area contributed by atoms with Gasteiger partial charge in [0.05, 0.1) is 17.7 Å². The van der Waals surface area contributed by atoms with E-state index in [2.05, 4.69) is 10.6 Å². The molecule has 2 N–H and O–H groups in total. The zero-order valence-electron chi connectivity index (χ0n) is 13.7. The number of ether oxygens (including phenoxy) is 1. The molecule has 0 aliphatic carbocycles. The van der Waals surface area contributed by atoms with Crippen molar-refractivity contribution in [1.82, 2.24) is 0 Å². The summed E-state index contributed by atoms with van der Waals surface area (Å²) in [6.45, 7) is 1.93. The summed E-state index contributed by atoms with van der Waals surface area (Å²) in [7, 11) is 1.36. The smallest absolute Gasteiger partial charge is 0.314 e. The lowest BCUT2D eigenvalue weighted by Gasteiger charge is -2.11. The number of para-hydroxylation sites is 1. The molecule has 0 fully saturated rings. The monoisotopic (exact) mass is 343 g/mol. The number of amides is 2. The van der Waals surface area contributed by atoms with Gasteiger partial charge in [0.25, 0.3) is 5.69 Å². The van der Waals surface area contributed by atoms with Crippen LogP contribution in [0.2, 0.25) is 0 Å². The lowest BCUT2D eigenvalue weighted by Crippen LogP contribution is -2.29. The van der Waals surface area contributed by atoms with Crippen LogP contribution >= 0.6 is 0 Å². The van der Waals surface area contributed by atoms with E-state index in [1.807, 2.05) is 19.1 Å². The molecule has 0 unspecified atom stereocenters. The first-order chi connectivity index (χ1) is 12.0. The Labute approximate surface area is 144 Å². The Bertz CT molecular complexity index is 820. The summed E-state index contributed by atoms with van der Waals surface area (Å²) < 4.78 is 5.05. The average molecular weight is 343 g/mol. The summed E-state index contributed by atoms with van der Waals surface area (Å²) in [6, 6.07) is 10.8. The molecule has 0 spiro atoms. The molecule has 0 bridgehead atoms. The Hall–Kier alpha value is -3.42. The van der Waals surface area contributed by atoms with Gasteiger partial charge in [-0.1, -0.05) is 25.1 Å². The number of hydrogen-bond acceptors (Lipinski definition) is 5. The first kappa shape index (κ1) is 17.9. The second kappa shape index (κ2) is 7.91. The summed E-state index contributed by atoms with van der Waals surface area (Å²) in [5.74, 6) is -1.63. The van der Waals surface area contributed by atoms with Crippen LogP contribution in [0.5, 0.6) is 5.75 Å². The minimum Gasteiger partial charge on any atom is -0.495 e. The summed E-state index contributed by atoms with van der Waals surface area (Å²) in [6.07, 6.45) is 0.691. The van der Waals surface area contributed by atoms with E-state index in [4.69, 9.17) is 4.74 Å². The van der Waals surface area contributed by atoms with Gasteiger partial charge < -0.3 is 15.4 Å². The topological polar surface area (TPSA) is 111 Å². The first-order valence-corrected chi connectivity index (χ1v) is 7.49. The molecule has 2 aromatic carbocycles. The van der Waals surface area contributed by atoms with Gasteiger partial charge in [0, 0.05) is 17.8 Å². The predicted molar refractivity (Wildman–Crippen MR) is 92.7 cm³/mol. The second-order valence-corrected chi connectivity index (χ2v) is 5.06. The van der Waals surface area contributed by atoms with Crippen LogP contribution in [-0.4, -0.2) is 23.8 Å². The van der Waals surface area contributed by atoms with Gasteiger partial charge in [-0.2, -0.15) is 0 Å². The first-order valence-electron chi connectivity index (χ1n) is 7.49. The number of nitro benzene ring substituents is 1. The highest BCUT2D eigenvalue weighted by Gasteiger charge is 2.19. The third-order valence-electron chi connectivity index (χ3n) is 3.49. The van der Waals surface area contributed by atoms with Crippen LogP contribution in [-0.2, 0) is 16.0 Å². The number of nitrogens with one attached hydrogen (secondary N) is 2.